The number of para-hydroxylation sites is 1. The minimum Gasteiger partial charge on any atom is -0.477 e. The van der Waals surface area contributed by atoms with E-state index >= 15 is 0 Å². The van der Waals surface area contributed by atoms with Crippen LogP contribution in [0.15, 0.2) is 36.5 Å². The van der Waals surface area contributed by atoms with E-state index in [1.807, 2.05) is 31.2 Å². The highest BCUT2D eigenvalue weighted by atomic mass is 32.1. The fourth-order valence-electron chi connectivity index (χ4n) is 2.79. The number of amides is 2. The maximum absolute atomic E-state index is 12.6. The number of nitrogens with one attached hydrogen (secondary N) is 1. The molecular formula is C16H11N3O3S. The van der Waals surface area contributed by atoms with Crippen molar-refractivity contribution in [2.24, 2.45) is 0 Å². The van der Waals surface area contributed by atoms with Crippen LogP contribution in [0.4, 0.5) is 21.9 Å². The van der Waals surface area contributed by atoms with E-state index < -0.39 is 5.97 Å². The molecule has 0 saturated heterocycles. The summed E-state index contributed by atoms with van der Waals surface area (Å²) in [6.45, 7) is 1.92. The number of hydrogen-bond acceptors (Lipinski definition) is 4. The molecule has 0 unspecified atom stereocenters. The molecule has 3 aromatic rings. The van der Waals surface area contributed by atoms with Crippen LogP contribution in [-0.4, -0.2) is 22.1 Å². The molecule has 2 aromatic heterocycles. The lowest BCUT2D eigenvalue weighted by Crippen LogP contribution is -2.34. The molecule has 0 radical (unpaired) electrons. The van der Waals surface area contributed by atoms with E-state index in [1.165, 1.54) is 0 Å². The van der Waals surface area contributed by atoms with Crippen LogP contribution in [-0.2, 0) is 0 Å². The zero-order valence-corrected chi connectivity index (χ0v) is 12.8. The number of carbonyl (C=O) groups excluding carboxylic acids is 1. The molecule has 114 valence electrons. The van der Waals surface area contributed by atoms with Crippen LogP contribution in [0.2, 0.25) is 0 Å². The molecule has 0 saturated carbocycles. The van der Waals surface area contributed by atoms with Gasteiger partial charge in [-0.2, -0.15) is 0 Å². The smallest absolute Gasteiger partial charge is 0.348 e. The minimum atomic E-state index is -1.07. The van der Waals surface area contributed by atoms with Crippen molar-refractivity contribution in [3.05, 3.63) is 47.0 Å². The Hall–Kier alpha value is -2.93. The van der Waals surface area contributed by atoms with Crippen molar-refractivity contribution in [1.82, 2.24) is 4.98 Å². The van der Waals surface area contributed by atoms with Gasteiger partial charge in [0.25, 0.3) is 0 Å². The molecule has 0 bridgehead atoms. The standard InChI is InChI=1S/C16H11N3O3S/c1-8-4-2-3-5-9(8)19-10-6-7-17-14-11(10)12(18-16(19)22)13(23-14)15(20)21/h2-7H,1H3,(H,18,22)(H,20,21). The largest absolute Gasteiger partial charge is 0.477 e. The number of benzene rings is 1. The first-order valence-corrected chi connectivity index (χ1v) is 7.71. The van der Waals surface area contributed by atoms with Gasteiger partial charge in [-0.05, 0) is 24.6 Å². The third kappa shape index (κ3) is 1.90. The highest BCUT2D eigenvalue weighted by Crippen LogP contribution is 2.45. The van der Waals surface area contributed by atoms with E-state index in [4.69, 9.17) is 0 Å². The molecule has 7 heteroatoms. The van der Waals surface area contributed by atoms with Crippen molar-refractivity contribution in [2.75, 3.05) is 10.2 Å². The summed E-state index contributed by atoms with van der Waals surface area (Å²) in [6.07, 6.45) is 1.59. The van der Waals surface area contributed by atoms with E-state index in [9.17, 15) is 14.7 Å². The van der Waals surface area contributed by atoms with Crippen LogP contribution in [0, 0.1) is 6.92 Å². The lowest BCUT2D eigenvalue weighted by Gasteiger charge is -2.29. The van der Waals surface area contributed by atoms with Crippen molar-refractivity contribution in [2.45, 2.75) is 6.92 Å². The number of carbonyl (C=O) groups is 2. The number of carboxylic acid groups (broad SMARTS) is 1. The summed E-state index contributed by atoms with van der Waals surface area (Å²) in [7, 11) is 0. The molecule has 1 aromatic carbocycles. The summed E-state index contributed by atoms with van der Waals surface area (Å²) in [6, 6.07) is 8.90. The molecule has 0 spiro atoms. The van der Waals surface area contributed by atoms with Gasteiger partial charge in [0.1, 0.15) is 9.71 Å². The first-order chi connectivity index (χ1) is 11.1. The molecule has 23 heavy (non-hydrogen) atoms. The Morgan fingerprint density at radius 2 is 2.04 bits per heavy atom. The highest BCUT2D eigenvalue weighted by molar-refractivity contribution is 7.21. The van der Waals surface area contributed by atoms with E-state index in [1.54, 1.807) is 17.2 Å². The maximum Gasteiger partial charge on any atom is 0.348 e. The predicted octanol–water partition coefficient (Wildman–Crippen LogP) is 3.99. The van der Waals surface area contributed by atoms with Crippen LogP contribution in [0.3, 0.4) is 0 Å². The molecule has 0 aliphatic carbocycles. The van der Waals surface area contributed by atoms with Crippen molar-refractivity contribution in [1.29, 1.82) is 0 Å². The van der Waals surface area contributed by atoms with Gasteiger partial charge in [-0.25, -0.2) is 14.6 Å². The van der Waals surface area contributed by atoms with Crippen molar-refractivity contribution < 1.29 is 14.7 Å². The van der Waals surface area contributed by atoms with Gasteiger partial charge in [0.15, 0.2) is 0 Å². The number of hydrogen-bond donors (Lipinski definition) is 2. The molecule has 1 aliphatic rings. The van der Waals surface area contributed by atoms with Crippen molar-refractivity contribution in [3.8, 4) is 0 Å². The van der Waals surface area contributed by atoms with Gasteiger partial charge in [0.2, 0.25) is 0 Å². The Kier molecular flexibility index (Phi) is 2.85. The second-order valence-corrected chi connectivity index (χ2v) is 6.17. The molecule has 1 aliphatic heterocycles. The summed E-state index contributed by atoms with van der Waals surface area (Å²) in [5.74, 6) is -1.07. The van der Waals surface area contributed by atoms with Gasteiger partial charge in [-0.3, -0.25) is 4.90 Å². The Bertz CT molecular complexity index is 980. The third-order valence-corrected chi connectivity index (χ3v) is 4.88. The van der Waals surface area contributed by atoms with Gasteiger partial charge in [-0.15, -0.1) is 11.3 Å². The number of aryl methyl sites for hydroxylation is 1. The lowest BCUT2D eigenvalue weighted by molar-refractivity contribution is 0.0703. The second kappa shape index (κ2) is 4.79. The Morgan fingerprint density at radius 3 is 2.78 bits per heavy atom. The van der Waals surface area contributed by atoms with Crippen LogP contribution in [0.25, 0.3) is 10.2 Å². The zero-order chi connectivity index (χ0) is 16.1. The lowest BCUT2D eigenvalue weighted by atomic mass is 10.1. The maximum atomic E-state index is 12.6. The quantitative estimate of drug-likeness (QED) is 0.746. The summed E-state index contributed by atoms with van der Waals surface area (Å²) in [5, 5.41) is 12.7. The molecule has 2 N–H and O–H groups in total. The average Bonchev–Trinajstić information content (AvgIpc) is 2.89. The van der Waals surface area contributed by atoms with E-state index in [-0.39, 0.29) is 10.9 Å². The first kappa shape index (κ1) is 13.7. The Balaban J connectivity index is 2.04. The fraction of sp³-hybridized carbons (Fsp3) is 0.0625. The average molecular weight is 325 g/mol. The number of anilines is 3. The molecule has 6 nitrogen and oxygen atoms in total. The monoisotopic (exact) mass is 325 g/mol. The van der Waals surface area contributed by atoms with Gasteiger partial charge >= 0.3 is 12.0 Å². The van der Waals surface area contributed by atoms with Crippen LogP contribution < -0.4 is 10.2 Å². The predicted molar refractivity (Wildman–Crippen MR) is 88.9 cm³/mol. The molecular weight excluding hydrogens is 314 g/mol. The van der Waals surface area contributed by atoms with Crippen LogP contribution >= 0.6 is 11.3 Å². The molecule has 0 atom stereocenters. The number of aromatic nitrogens is 1. The summed E-state index contributed by atoms with van der Waals surface area (Å²) in [5.41, 5.74) is 2.68. The number of rotatable bonds is 2. The van der Waals surface area contributed by atoms with Gasteiger partial charge in [-0.1, -0.05) is 18.2 Å². The number of pyridine rings is 1. The number of carboxylic acids is 1. The SMILES string of the molecule is Cc1ccccc1N1C(=O)Nc2c(C(=O)O)sc3nccc1c23. The normalized spacial score (nSPS) is 13.3. The van der Waals surface area contributed by atoms with Gasteiger partial charge < -0.3 is 10.4 Å². The topological polar surface area (TPSA) is 82.5 Å². The highest BCUT2D eigenvalue weighted by Gasteiger charge is 2.32. The summed E-state index contributed by atoms with van der Waals surface area (Å²) in [4.78, 5) is 30.5. The number of thiophene rings is 1. The molecule has 4 rings (SSSR count). The fourth-order valence-corrected chi connectivity index (χ4v) is 3.75. The molecule has 2 amide bonds. The Labute approximate surface area is 135 Å². The second-order valence-electron chi connectivity index (χ2n) is 5.17. The molecule has 0 fully saturated rings. The first-order valence-electron chi connectivity index (χ1n) is 6.89. The number of aromatic carboxylic acids is 1. The van der Waals surface area contributed by atoms with Crippen LogP contribution in [0.1, 0.15) is 15.2 Å². The zero-order valence-electron chi connectivity index (χ0n) is 12.0. The summed E-state index contributed by atoms with van der Waals surface area (Å²) < 4.78 is 0. The third-order valence-electron chi connectivity index (χ3n) is 3.80. The Morgan fingerprint density at radius 1 is 1.26 bits per heavy atom. The van der Waals surface area contributed by atoms with Crippen molar-refractivity contribution >= 4 is 50.6 Å². The van der Waals surface area contributed by atoms with Crippen LogP contribution in [0.5, 0.6) is 0 Å². The summed E-state index contributed by atoms with van der Waals surface area (Å²) >= 11 is 1.06. The van der Waals surface area contributed by atoms with Crippen molar-refractivity contribution in [3.63, 3.8) is 0 Å². The van der Waals surface area contributed by atoms with Gasteiger partial charge in [0, 0.05) is 6.20 Å². The van der Waals surface area contributed by atoms with Gasteiger partial charge in [0.05, 0.1) is 22.4 Å². The van der Waals surface area contributed by atoms with E-state index in [2.05, 4.69) is 10.3 Å². The minimum absolute atomic E-state index is 0.0951. The molecule has 3 heterocycles. The van der Waals surface area contributed by atoms with E-state index in [0.29, 0.717) is 21.6 Å². The number of urea groups is 1. The number of nitrogens with zero attached hydrogens (tertiary/aromatic N) is 2. The van der Waals surface area contributed by atoms with E-state index in [0.717, 1.165) is 22.6 Å².